The SMILES string of the molecule is Cc1nn(C)c(Oc2ccc(C(F)(F)F)cc2)c1C(=O)NC(C)c1ccc(C(=O)O)cc1. The van der Waals surface area contributed by atoms with Crippen LogP contribution in [-0.4, -0.2) is 26.8 Å². The molecular weight excluding hydrogens is 427 g/mol. The van der Waals surface area contributed by atoms with Gasteiger partial charge < -0.3 is 15.2 Å². The monoisotopic (exact) mass is 447 g/mol. The van der Waals surface area contributed by atoms with Crippen molar-refractivity contribution in [3.63, 3.8) is 0 Å². The number of nitrogens with zero attached hydrogens (tertiary/aromatic N) is 2. The van der Waals surface area contributed by atoms with Gasteiger partial charge in [0.15, 0.2) is 0 Å². The zero-order valence-electron chi connectivity index (χ0n) is 17.4. The van der Waals surface area contributed by atoms with Gasteiger partial charge in [-0.15, -0.1) is 0 Å². The van der Waals surface area contributed by atoms with E-state index in [2.05, 4.69) is 10.4 Å². The second-order valence-corrected chi connectivity index (χ2v) is 7.14. The lowest BCUT2D eigenvalue weighted by Crippen LogP contribution is -2.27. The molecule has 0 radical (unpaired) electrons. The van der Waals surface area contributed by atoms with Gasteiger partial charge in [0.2, 0.25) is 5.88 Å². The summed E-state index contributed by atoms with van der Waals surface area (Å²) in [6, 6.07) is 9.74. The van der Waals surface area contributed by atoms with Crippen LogP contribution in [0, 0.1) is 6.92 Å². The number of benzene rings is 2. The largest absolute Gasteiger partial charge is 0.478 e. The number of ether oxygens (including phenoxy) is 1. The first-order valence-corrected chi connectivity index (χ1v) is 9.50. The Morgan fingerprint density at radius 2 is 1.69 bits per heavy atom. The lowest BCUT2D eigenvalue weighted by Gasteiger charge is -2.15. The number of aromatic carboxylic acids is 1. The van der Waals surface area contributed by atoms with Crippen LogP contribution in [0.5, 0.6) is 11.6 Å². The number of rotatable bonds is 6. The molecule has 0 aliphatic carbocycles. The van der Waals surface area contributed by atoms with Crippen LogP contribution in [0.1, 0.15) is 50.5 Å². The van der Waals surface area contributed by atoms with E-state index in [0.717, 1.165) is 12.1 Å². The third-order valence-electron chi connectivity index (χ3n) is 4.80. The van der Waals surface area contributed by atoms with E-state index in [1.165, 1.54) is 28.9 Å². The van der Waals surface area contributed by atoms with Gasteiger partial charge in [-0.2, -0.15) is 18.3 Å². The number of carbonyl (C=O) groups is 2. The first kappa shape index (κ1) is 22.9. The zero-order chi connectivity index (χ0) is 23.6. The molecule has 0 saturated heterocycles. The molecule has 32 heavy (non-hydrogen) atoms. The number of alkyl halides is 3. The number of nitrogens with one attached hydrogen (secondary N) is 1. The quantitative estimate of drug-likeness (QED) is 0.570. The molecular formula is C22H20F3N3O4. The fourth-order valence-electron chi connectivity index (χ4n) is 3.11. The third-order valence-corrected chi connectivity index (χ3v) is 4.80. The summed E-state index contributed by atoms with van der Waals surface area (Å²) in [5.74, 6) is -1.35. The van der Waals surface area contributed by atoms with Crippen LogP contribution in [0.3, 0.4) is 0 Å². The van der Waals surface area contributed by atoms with E-state index >= 15 is 0 Å². The molecule has 0 bridgehead atoms. The van der Waals surface area contributed by atoms with Crippen LogP contribution in [-0.2, 0) is 13.2 Å². The summed E-state index contributed by atoms with van der Waals surface area (Å²) in [7, 11) is 1.55. The Labute approximate surface area is 181 Å². The van der Waals surface area contributed by atoms with Gasteiger partial charge >= 0.3 is 12.1 Å². The minimum Gasteiger partial charge on any atom is -0.478 e. The van der Waals surface area contributed by atoms with Crippen molar-refractivity contribution in [1.29, 1.82) is 0 Å². The molecule has 0 aliphatic heterocycles. The summed E-state index contributed by atoms with van der Waals surface area (Å²) in [6.45, 7) is 3.34. The maximum Gasteiger partial charge on any atom is 0.416 e. The molecule has 0 saturated carbocycles. The number of carboxylic acid groups (broad SMARTS) is 1. The maximum absolute atomic E-state index is 12.9. The first-order valence-electron chi connectivity index (χ1n) is 9.50. The zero-order valence-corrected chi connectivity index (χ0v) is 17.4. The number of carboxylic acids is 1. The Morgan fingerprint density at radius 1 is 1.09 bits per heavy atom. The van der Waals surface area contributed by atoms with Gasteiger partial charge in [-0.05, 0) is 55.8 Å². The Bertz CT molecular complexity index is 1140. The van der Waals surface area contributed by atoms with Crippen LogP contribution in [0.2, 0.25) is 0 Å². The Kier molecular flexibility index (Phi) is 6.24. The van der Waals surface area contributed by atoms with Crippen LogP contribution in [0.4, 0.5) is 13.2 Å². The summed E-state index contributed by atoms with van der Waals surface area (Å²) >= 11 is 0. The van der Waals surface area contributed by atoms with E-state index in [-0.39, 0.29) is 22.8 Å². The van der Waals surface area contributed by atoms with Crippen LogP contribution < -0.4 is 10.1 Å². The highest BCUT2D eigenvalue weighted by atomic mass is 19.4. The average Bonchev–Trinajstić information content (AvgIpc) is 3.00. The molecule has 10 heteroatoms. The maximum atomic E-state index is 12.9. The number of carbonyl (C=O) groups excluding carboxylic acids is 1. The van der Waals surface area contributed by atoms with Gasteiger partial charge in [-0.25, -0.2) is 9.48 Å². The Hall–Kier alpha value is -3.82. The second-order valence-electron chi connectivity index (χ2n) is 7.14. The van der Waals surface area contributed by atoms with Crippen molar-refractivity contribution in [2.75, 3.05) is 0 Å². The van der Waals surface area contributed by atoms with E-state index in [1.807, 2.05) is 0 Å². The molecule has 2 N–H and O–H groups in total. The summed E-state index contributed by atoms with van der Waals surface area (Å²) in [6.07, 6.45) is -4.47. The lowest BCUT2D eigenvalue weighted by molar-refractivity contribution is -0.137. The van der Waals surface area contributed by atoms with E-state index in [4.69, 9.17) is 9.84 Å². The molecule has 3 rings (SSSR count). The molecule has 168 valence electrons. The summed E-state index contributed by atoms with van der Waals surface area (Å²) in [5.41, 5.74) is 0.520. The van der Waals surface area contributed by atoms with Gasteiger partial charge in [0.05, 0.1) is 22.9 Å². The molecule has 1 aromatic heterocycles. The lowest BCUT2D eigenvalue weighted by atomic mass is 10.1. The molecule has 0 spiro atoms. The molecule has 1 unspecified atom stereocenters. The first-order chi connectivity index (χ1) is 15.0. The third kappa shape index (κ3) is 4.90. The van der Waals surface area contributed by atoms with Crippen molar-refractivity contribution < 1.29 is 32.6 Å². The molecule has 3 aromatic rings. The highest BCUT2D eigenvalue weighted by molar-refractivity contribution is 5.98. The fourth-order valence-corrected chi connectivity index (χ4v) is 3.11. The van der Waals surface area contributed by atoms with Gasteiger partial charge in [0.1, 0.15) is 11.3 Å². The fraction of sp³-hybridized carbons (Fsp3) is 0.227. The number of aryl methyl sites for hydroxylation is 2. The van der Waals surface area contributed by atoms with E-state index in [9.17, 15) is 22.8 Å². The standard InChI is InChI=1S/C22H20F3N3O4/c1-12(14-4-6-15(7-5-14)21(30)31)26-19(29)18-13(2)27-28(3)20(18)32-17-10-8-16(9-11-17)22(23,24)25/h4-12H,1-3H3,(H,26,29)(H,30,31). The highest BCUT2D eigenvalue weighted by Gasteiger charge is 2.30. The molecule has 0 aliphatic rings. The van der Waals surface area contributed by atoms with E-state index < -0.39 is 29.7 Å². The molecule has 1 atom stereocenters. The minimum atomic E-state index is -4.47. The summed E-state index contributed by atoms with van der Waals surface area (Å²) < 4.78 is 45.3. The molecule has 2 aromatic carbocycles. The van der Waals surface area contributed by atoms with Gasteiger partial charge in [0.25, 0.3) is 5.91 Å². The normalized spacial score (nSPS) is 12.3. The number of hydrogen-bond acceptors (Lipinski definition) is 4. The van der Waals surface area contributed by atoms with Crippen LogP contribution >= 0.6 is 0 Å². The van der Waals surface area contributed by atoms with Crippen molar-refractivity contribution in [2.24, 2.45) is 7.05 Å². The van der Waals surface area contributed by atoms with Crippen molar-refractivity contribution in [1.82, 2.24) is 15.1 Å². The van der Waals surface area contributed by atoms with Crippen molar-refractivity contribution in [3.8, 4) is 11.6 Å². The topological polar surface area (TPSA) is 93.5 Å². The van der Waals surface area contributed by atoms with Crippen LogP contribution in [0.25, 0.3) is 0 Å². The summed E-state index contributed by atoms with van der Waals surface area (Å²) in [4.78, 5) is 23.9. The van der Waals surface area contributed by atoms with E-state index in [0.29, 0.717) is 11.3 Å². The number of amides is 1. The predicted molar refractivity (Wildman–Crippen MR) is 109 cm³/mol. The second kappa shape index (κ2) is 8.74. The molecule has 1 heterocycles. The van der Waals surface area contributed by atoms with Gasteiger partial charge in [-0.1, -0.05) is 12.1 Å². The number of hydrogen-bond donors (Lipinski definition) is 2. The van der Waals surface area contributed by atoms with Crippen molar-refractivity contribution in [2.45, 2.75) is 26.1 Å². The van der Waals surface area contributed by atoms with E-state index in [1.54, 1.807) is 33.0 Å². The Balaban J connectivity index is 1.80. The highest BCUT2D eigenvalue weighted by Crippen LogP contribution is 2.32. The predicted octanol–water partition coefficient (Wildman–Crippen LogP) is 4.73. The number of halogens is 3. The van der Waals surface area contributed by atoms with Gasteiger partial charge in [0, 0.05) is 7.05 Å². The smallest absolute Gasteiger partial charge is 0.416 e. The molecule has 1 amide bonds. The summed E-state index contributed by atoms with van der Waals surface area (Å²) in [5, 5.41) is 16.0. The van der Waals surface area contributed by atoms with Crippen molar-refractivity contribution >= 4 is 11.9 Å². The minimum absolute atomic E-state index is 0.0770. The van der Waals surface area contributed by atoms with Gasteiger partial charge in [-0.3, -0.25) is 4.79 Å². The molecule has 0 fully saturated rings. The Morgan fingerprint density at radius 3 is 2.22 bits per heavy atom. The van der Waals surface area contributed by atoms with Crippen LogP contribution in [0.15, 0.2) is 48.5 Å². The van der Waals surface area contributed by atoms with Crippen molar-refractivity contribution in [3.05, 3.63) is 76.5 Å². The average molecular weight is 447 g/mol. The molecule has 7 nitrogen and oxygen atoms in total. The number of aromatic nitrogens is 2.